The van der Waals surface area contributed by atoms with Crippen LogP contribution in [-0.2, 0) is 0 Å². The molecule has 0 radical (unpaired) electrons. The Morgan fingerprint density at radius 2 is 1.57 bits per heavy atom. The number of aryl methyl sites for hydroxylation is 2. The highest BCUT2D eigenvalue weighted by atomic mass is 35.5. The monoisotopic (exact) mass is 324 g/mol. The van der Waals surface area contributed by atoms with Crippen LogP contribution in [0.5, 0.6) is 11.5 Å². The smallest absolute Gasteiger partial charge is 0.146 e. The van der Waals surface area contributed by atoms with E-state index in [1.54, 1.807) is 20.3 Å². The van der Waals surface area contributed by atoms with E-state index in [9.17, 15) is 0 Å². The highest BCUT2D eigenvalue weighted by Gasteiger charge is 2.20. The van der Waals surface area contributed by atoms with Crippen LogP contribution in [0.25, 0.3) is 0 Å². The van der Waals surface area contributed by atoms with Crippen molar-refractivity contribution in [1.29, 1.82) is 0 Å². The molecule has 0 heterocycles. The van der Waals surface area contributed by atoms with Gasteiger partial charge < -0.3 is 9.47 Å². The third-order valence-corrected chi connectivity index (χ3v) is 4.17. The maximum absolute atomic E-state index is 6.65. The van der Waals surface area contributed by atoms with Gasteiger partial charge in [0.15, 0.2) is 0 Å². The molecule has 0 fully saturated rings. The zero-order valence-electron chi connectivity index (χ0n) is 12.5. The van der Waals surface area contributed by atoms with Crippen LogP contribution in [-0.4, -0.2) is 14.2 Å². The van der Waals surface area contributed by atoms with Crippen molar-refractivity contribution in [2.75, 3.05) is 14.2 Å². The number of benzene rings is 2. The Kier molecular flexibility index (Phi) is 5.02. The lowest BCUT2D eigenvalue weighted by molar-refractivity contribution is 0.392. The zero-order valence-corrected chi connectivity index (χ0v) is 14.0. The van der Waals surface area contributed by atoms with Gasteiger partial charge in [0.05, 0.1) is 19.6 Å². The van der Waals surface area contributed by atoms with Crippen molar-refractivity contribution in [3.63, 3.8) is 0 Å². The van der Waals surface area contributed by atoms with Gasteiger partial charge in [-0.3, -0.25) is 0 Å². The molecular weight excluding hydrogens is 307 g/mol. The summed E-state index contributed by atoms with van der Waals surface area (Å²) in [6, 6.07) is 9.95. The normalized spacial score (nSPS) is 12.1. The van der Waals surface area contributed by atoms with Crippen molar-refractivity contribution in [1.82, 2.24) is 0 Å². The molecule has 0 bridgehead atoms. The summed E-state index contributed by atoms with van der Waals surface area (Å²) in [5, 5.41) is 0.106. The van der Waals surface area contributed by atoms with E-state index in [0.717, 1.165) is 11.1 Å². The van der Waals surface area contributed by atoms with Gasteiger partial charge in [0.2, 0.25) is 0 Å². The van der Waals surface area contributed by atoms with Crippen molar-refractivity contribution in [2.45, 2.75) is 19.2 Å². The molecule has 2 rings (SSSR count). The fourth-order valence-corrected chi connectivity index (χ4v) is 3.08. The summed E-state index contributed by atoms with van der Waals surface area (Å²) < 4.78 is 10.6. The van der Waals surface area contributed by atoms with Crippen LogP contribution < -0.4 is 9.47 Å². The van der Waals surface area contributed by atoms with Gasteiger partial charge in [-0.25, -0.2) is 0 Å². The quantitative estimate of drug-likeness (QED) is 0.710. The molecule has 0 N–H and O–H groups in total. The van der Waals surface area contributed by atoms with Crippen molar-refractivity contribution < 1.29 is 9.47 Å². The van der Waals surface area contributed by atoms with E-state index < -0.39 is 0 Å². The van der Waals surface area contributed by atoms with Gasteiger partial charge in [-0.15, -0.1) is 11.6 Å². The van der Waals surface area contributed by atoms with Crippen molar-refractivity contribution in [3.05, 3.63) is 57.6 Å². The van der Waals surface area contributed by atoms with E-state index in [1.807, 2.05) is 6.07 Å². The Bertz CT molecular complexity index is 633. The molecule has 0 aliphatic carbocycles. The highest BCUT2D eigenvalue weighted by molar-refractivity contribution is 6.34. The Morgan fingerprint density at radius 1 is 0.952 bits per heavy atom. The second kappa shape index (κ2) is 6.59. The van der Waals surface area contributed by atoms with Crippen LogP contribution in [0.15, 0.2) is 30.3 Å². The van der Waals surface area contributed by atoms with Crippen molar-refractivity contribution >= 4 is 23.2 Å². The molecule has 4 heteroatoms. The van der Waals surface area contributed by atoms with E-state index >= 15 is 0 Å². The van der Waals surface area contributed by atoms with Crippen molar-refractivity contribution in [3.8, 4) is 11.5 Å². The summed E-state index contributed by atoms with van der Waals surface area (Å²) in [6.45, 7) is 4.11. The summed E-state index contributed by atoms with van der Waals surface area (Å²) >= 11 is 12.9. The number of hydrogen-bond donors (Lipinski definition) is 0. The number of ether oxygens (including phenoxy) is 2. The van der Waals surface area contributed by atoms with Crippen LogP contribution in [0.4, 0.5) is 0 Å². The maximum atomic E-state index is 6.65. The van der Waals surface area contributed by atoms with Crippen LogP contribution in [0.2, 0.25) is 5.02 Å². The molecule has 0 saturated heterocycles. The summed E-state index contributed by atoms with van der Waals surface area (Å²) in [7, 11) is 3.15. The molecule has 0 saturated carbocycles. The molecule has 21 heavy (non-hydrogen) atoms. The lowest BCUT2D eigenvalue weighted by Gasteiger charge is -2.18. The van der Waals surface area contributed by atoms with Gasteiger partial charge in [0, 0.05) is 5.56 Å². The molecule has 1 atom stereocenters. The third-order valence-electron chi connectivity index (χ3n) is 3.33. The van der Waals surface area contributed by atoms with E-state index in [0.29, 0.717) is 16.5 Å². The predicted octanol–water partition coefficient (Wildman–Crippen LogP) is 5.30. The number of halogens is 2. The van der Waals surface area contributed by atoms with Gasteiger partial charge >= 0.3 is 0 Å². The molecular formula is C17H18Cl2O2. The van der Waals surface area contributed by atoms with Gasteiger partial charge in [-0.1, -0.05) is 40.9 Å². The summed E-state index contributed by atoms with van der Waals surface area (Å²) in [6.07, 6.45) is 0. The van der Waals surface area contributed by atoms with Crippen LogP contribution >= 0.6 is 23.2 Å². The molecule has 112 valence electrons. The van der Waals surface area contributed by atoms with Gasteiger partial charge in [0.25, 0.3) is 0 Å². The van der Waals surface area contributed by atoms with Crippen LogP contribution in [0.3, 0.4) is 0 Å². The molecule has 0 aromatic heterocycles. The highest BCUT2D eigenvalue weighted by Crippen LogP contribution is 2.43. The van der Waals surface area contributed by atoms with Gasteiger partial charge in [0.1, 0.15) is 16.5 Å². The minimum absolute atomic E-state index is 0.332. The SMILES string of the molecule is COc1ccc(C(Cl)c2cc(C)cc(C)c2)c(OC)c1Cl. The topological polar surface area (TPSA) is 18.5 Å². The second-order valence-corrected chi connectivity index (χ2v) is 5.80. The van der Waals surface area contributed by atoms with E-state index in [-0.39, 0.29) is 5.38 Å². The molecule has 0 spiro atoms. The average Bonchev–Trinajstić information content (AvgIpc) is 2.45. The number of rotatable bonds is 4. The summed E-state index contributed by atoms with van der Waals surface area (Å²) in [4.78, 5) is 0. The Balaban J connectivity index is 2.52. The number of methoxy groups -OCH3 is 2. The standard InChI is InChI=1S/C17H18Cl2O2/c1-10-7-11(2)9-12(8-10)15(18)13-5-6-14(20-3)16(19)17(13)21-4/h5-9,15H,1-4H3. The number of hydrogen-bond acceptors (Lipinski definition) is 2. The van der Waals surface area contributed by atoms with E-state index in [4.69, 9.17) is 32.7 Å². The predicted molar refractivity (Wildman–Crippen MR) is 88.2 cm³/mol. The van der Waals surface area contributed by atoms with Gasteiger partial charge in [-0.05, 0) is 31.5 Å². The lowest BCUT2D eigenvalue weighted by atomic mass is 9.99. The van der Waals surface area contributed by atoms with Gasteiger partial charge in [-0.2, -0.15) is 0 Å². The Morgan fingerprint density at radius 3 is 2.10 bits per heavy atom. The molecule has 2 aromatic carbocycles. The first kappa shape index (κ1) is 16.0. The Labute approximate surface area is 135 Å². The first-order valence-corrected chi connectivity index (χ1v) is 7.42. The largest absolute Gasteiger partial charge is 0.495 e. The number of alkyl halides is 1. The molecule has 1 unspecified atom stereocenters. The first-order valence-electron chi connectivity index (χ1n) is 6.60. The maximum Gasteiger partial charge on any atom is 0.146 e. The molecule has 2 nitrogen and oxygen atoms in total. The molecule has 0 aliphatic rings. The summed E-state index contributed by atoms with van der Waals surface area (Å²) in [5.74, 6) is 1.12. The Hall–Kier alpha value is -1.38. The van der Waals surface area contributed by atoms with Crippen LogP contribution in [0.1, 0.15) is 27.6 Å². The second-order valence-electron chi connectivity index (χ2n) is 4.99. The fraction of sp³-hybridized carbons (Fsp3) is 0.294. The molecule has 2 aromatic rings. The minimum atomic E-state index is -0.332. The van der Waals surface area contributed by atoms with E-state index in [1.165, 1.54) is 11.1 Å². The van der Waals surface area contributed by atoms with Crippen LogP contribution in [0, 0.1) is 13.8 Å². The first-order chi connectivity index (χ1) is 9.97. The third kappa shape index (κ3) is 3.28. The molecule has 0 amide bonds. The van der Waals surface area contributed by atoms with Crippen molar-refractivity contribution in [2.24, 2.45) is 0 Å². The zero-order chi connectivity index (χ0) is 15.6. The minimum Gasteiger partial charge on any atom is -0.495 e. The molecule has 0 aliphatic heterocycles. The lowest BCUT2D eigenvalue weighted by Crippen LogP contribution is -2.00. The summed E-state index contributed by atoms with van der Waals surface area (Å²) in [5.41, 5.74) is 4.20. The fourth-order valence-electron chi connectivity index (χ4n) is 2.45. The average molecular weight is 325 g/mol. The van der Waals surface area contributed by atoms with E-state index in [2.05, 4.69) is 32.0 Å².